The minimum absolute atomic E-state index is 0.0125. The van der Waals surface area contributed by atoms with Crippen LogP contribution in [0.15, 0.2) is 54.6 Å². The van der Waals surface area contributed by atoms with Crippen molar-refractivity contribution >= 4 is 17.4 Å². The Balaban J connectivity index is 1.33. The highest BCUT2D eigenvalue weighted by atomic mass is 19.4. The van der Waals surface area contributed by atoms with Gasteiger partial charge in [-0.15, -0.1) is 0 Å². The normalized spacial score (nSPS) is 20.4. The Labute approximate surface area is 200 Å². The maximum atomic E-state index is 14.0. The van der Waals surface area contributed by atoms with Crippen molar-refractivity contribution < 1.29 is 22.4 Å². The van der Waals surface area contributed by atoms with Gasteiger partial charge in [0.1, 0.15) is 11.6 Å². The molecule has 184 valence electrons. The van der Waals surface area contributed by atoms with Gasteiger partial charge in [0.25, 0.3) is 5.91 Å². The van der Waals surface area contributed by atoms with Crippen LogP contribution in [0.5, 0.6) is 0 Å². The molecule has 2 aliphatic heterocycles. The van der Waals surface area contributed by atoms with Gasteiger partial charge in [-0.1, -0.05) is 29.8 Å². The van der Waals surface area contributed by atoms with Crippen LogP contribution in [0.25, 0.3) is 0 Å². The number of piperazine rings is 1. The van der Waals surface area contributed by atoms with Crippen molar-refractivity contribution in [2.24, 2.45) is 0 Å². The summed E-state index contributed by atoms with van der Waals surface area (Å²) in [5.41, 5.74) is 2.62. The summed E-state index contributed by atoms with van der Waals surface area (Å²) in [6, 6.07) is 12.5. The minimum Gasteiger partial charge on any atom is -0.368 e. The summed E-state index contributed by atoms with van der Waals surface area (Å²) in [5.74, 6) is -0.542. The Morgan fingerprint density at radius 1 is 1.00 bits per heavy atom. The number of halogens is 4. The van der Waals surface area contributed by atoms with E-state index in [-0.39, 0.29) is 23.7 Å². The second-order valence-electron chi connectivity index (χ2n) is 9.02. The highest BCUT2D eigenvalue weighted by Crippen LogP contribution is 2.43. The van der Waals surface area contributed by atoms with Crippen molar-refractivity contribution in [3.05, 3.63) is 77.2 Å². The number of amides is 1. The van der Waals surface area contributed by atoms with Gasteiger partial charge >= 0.3 is 6.18 Å². The third-order valence-corrected chi connectivity index (χ3v) is 6.65. The van der Waals surface area contributed by atoms with Crippen LogP contribution in [0.1, 0.15) is 40.1 Å². The largest absolute Gasteiger partial charge is 0.410 e. The lowest BCUT2D eigenvalue weighted by Crippen LogP contribution is -2.49. The number of aromatic nitrogens is 2. The summed E-state index contributed by atoms with van der Waals surface area (Å²) in [6.07, 6.45) is -4.72. The van der Waals surface area contributed by atoms with E-state index >= 15 is 0 Å². The number of hydrogen-bond donors (Lipinski definition) is 1. The SMILES string of the molecule is Cc1ccc([C@H]2C[C@@H](C(F)(F)F)n3nc(C(=O)N4CCN(c5ccc(F)cc5)CC4)cc3N2)cc1. The van der Waals surface area contributed by atoms with E-state index in [0.717, 1.165) is 21.5 Å². The van der Waals surface area contributed by atoms with E-state index in [0.29, 0.717) is 26.2 Å². The molecule has 0 bridgehead atoms. The van der Waals surface area contributed by atoms with Gasteiger partial charge in [-0.25, -0.2) is 9.07 Å². The number of nitrogens with zero attached hydrogens (tertiary/aromatic N) is 4. The molecule has 0 unspecified atom stereocenters. The van der Waals surface area contributed by atoms with Gasteiger partial charge in [0.2, 0.25) is 0 Å². The quantitative estimate of drug-likeness (QED) is 0.531. The second-order valence-corrected chi connectivity index (χ2v) is 9.02. The van der Waals surface area contributed by atoms with Gasteiger partial charge in [-0.2, -0.15) is 18.3 Å². The van der Waals surface area contributed by atoms with Crippen LogP contribution in [0.2, 0.25) is 0 Å². The summed E-state index contributed by atoms with van der Waals surface area (Å²) in [5, 5.41) is 7.23. The molecular formula is C25H25F4N5O. The number of benzene rings is 2. The number of carbonyl (C=O) groups is 1. The van der Waals surface area contributed by atoms with Crippen LogP contribution in [-0.2, 0) is 0 Å². The zero-order chi connectivity index (χ0) is 24.7. The van der Waals surface area contributed by atoms with Gasteiger partial charge in [0, 0.05) is 44.4 Å². The van der Waals surface area contributed by atoms with Crippen molar-refractivity contribution in [3.8, 4) is 0 Å². The molecule has 0 spiro atoms. The molecule has 1 N–H and O–H groups in total. The molecule has 1 saturated heterocycles. The maximum Gasteiger partial charge on any atom is 0.410 e. The maximum absolute atomic E-state index is 14.0. The molecule has 2 aliphatic rings. The molecule has 2 atom stereocenters. The Kier molecular flexibility index (Phi) is 5.90. The lowest BCUT2D eigenvalue weighted by atomic mass is 9.96. The molecule has 5 rings (SSSR count). The first kappa shape index (κ1) is 23.2. The molecule has 6 nitrogen and oxygen atoms in total. The number of anilines is 2. The van der Waals surface area contributed by atoms with Gasteiger partial charge in [-0.3, -0.25) is 4.79 Å². The van der Waals surface area contributed by atoms with Crippen LogP contribution in [0.4, 0.5) is 29.1 Å². The minimum atomic E-state index is -4.51. The molecule has 0 saturated carbocycles. The van der Waals surface area contributed by atoms with E-state index in [4.69, 9.17) is 0 Å². The van der Waals surface area contributed by atoms with E-state index in [1.165, 1.54) is 18.2 Å². The van der Waals surface area contributed by atoms with Crippen molar-refractivity contribution in [1.82, 2.24) is 14.7 Å². The Morgan fingerprint density at radius 2 is 1.66 bits per heavy atom. The average Bonchev–Trinajstić information content (AvgIpc) is 3.27. The van der Waals surface area contributed by atoms with Crippen LogP contribution in [0, 0.1) is 12.7 Å². The van der Waals surface area contributed by atoms with Crippen LogP contribution >= 0.6 is 0 Å². The van der Waals surface area contributed by atoms with Gasteiger partial charge in [0.15, 0.2) is 11.7 Å². The topological polar surface area (TPSA) is 53.4 Å². The Hall–Kier alpha value is -3.56. The molecule has 1 aromatic heterocycles. The predicted molar refractivity (Wildman–Crippen MR) is 124 cm³/mol. The predicted octanol–water partition coefficient (Wildman–Crippen LogP) is 4.95. The van der Waals surface area contributed by atoms with Crippen LogP contribution < -0.4 is 10.2 Å². The lowest BCUT2D eigenvalue weighted by Gasteiger charge is -2.35. The Bertz CT molecular complexity index is 1200. The number of aryl methyl sites for hydroxylation is 1. The average molecular weight is 488 g/mol. The molecule has 1 amide bonds. The van der Waals surface area contributed by atoms with Crippen molar-refractivity contribution in [3.63, 3.8) is 0 Å². The molecule has 0 radical (unpaired) electrons. The molecule has 3 heterocycles. The van der Waals surface area contributed by atoms with Crippen LogP contribution in [0.3, 0.4) is 0 Å². The highest BCUT2D eigenvalue weighted by Gasteiger charge is 2.47. The van der Waals surface area contributed by atoms with E-state index < -0.39 is 24.2 Å². The summed E-state index contributed by atoms with van der Waals surface area (Å²) >= 11 is 0. The van der Waals surface area contributed by atoms with Gasteiger partial charge in [-0.05, 0) is 36.8 Å². The standard InChI is InChI=1S/C25H25F4N5O/c1-16-2-4-17(5-3-16)20-14-22(25(27,28)29)34-23(30-20)15-21(31-34)24(35)33-12-10-32(11-13-33)19-8-6-18(26)7-9-19/h2-9,15,20,22,30H,10-14H2,1H3/t20-,22+/m1/s1. The number of carbonyl (C=O) groups excluding carboxylic acids is 1. The van der Waals surface area contributed by atoms with Crippen molar-refractivity contribution in [2.75, 3.05) is 36.4 Å². The molecular weight excluding hydrogens is 462 g/mol. The molecule has 35 heavy (non-hydrogen) atoms. The summed E-state index contributed by atoms with van der Waals surface area (Å²) in [4.78, 5) is 16.8. The third-order valence-electron chi connectivity index (χ3n) is 6.65. The zero-order valence-corrected chi connectivity index (χ0v) is 19.1. The fraction of sp³-hybridized carbons (Fsp3) is 0.360. The van der Waals surface area contributed by atoms with Crippen molar-refractivity contribution in [1.29, 1.82) is 0 Å². The van der Waals surface area contributed by atoms with Crippen molar-refractivity contribution in [2.45, 2.75) is 31.6 Å². The lowest BCUT2D eigenvalue weighted by molar-refractivity contribution is -0.173. The molecule has 0 aliphatic carbocycles. The number of hydrogen-bond acceptors (Lipinski definition) is 4. The summed E-state index contributed by atoms with van der Waals surface area (Å²) in [6.45, 7) is 3.76. The second kappa shape index (κ2) is 8.90. The Morgan fingerprint density at radius 3 is 2.29 bits per heavy atom. The monoisotopic (exact) mass is 487 g/mol. The first-order valence-electron chi connectivity index (χ1n) is 11.5. The smallest absolute Gasteiger partial charge is 0.368 e. The third kappa shape index (κ3) is 4.69. The zero-order valence-electron chi connectivity index (χ0n) is 19.1. The molecule has 1 fully saturated rings. The fourth-order valence-corrected chi connectivity index (χ4v) is 4.68. The highest BCUT2D eigenvalue weighted by molar-refractivity contribution is 5.93. The summed E-state index contributed by atoms with van der Waals surface area (Å²) < 4.78 is 55.9. The van der Waals surface area contributed by atoms with E-state index in [2.05, 4.69) is 10.4 Å². The molecule has 2 aromatic carbocycles. The number of fused-ring (bicyclic) bond motifs is 1. The number of alkyl halides is 3. The first-order chi connectivity index (χ1) is 16.7. The number of nitrogens with one attached hydrogen (secondary N) is 1. The number of rotatable bonds is 3. The van der Waals surface area contributed by atoms with E-state index in [1.54, 1.807) is 17.0 Å². The summed E-state index contributed by atoms with van der Waals surface area (Å²) in [7, 11) is 0. The van der Waals surface area contributed by atoms with Gasteiger partial charge in [0.05, 0.1) is 6.04 Å². The fourth-order valence-electron chi connectivity index (χ4n) is 4.68. The molecule has 10 heteroatoms. The molecule has 3 aromatic rings. The van der Waals surface area contributed by atoms with E-state index in [1.807, 2.05) is 36.1 Å². The van der Waals surface area contributed by atoms with Crippen LogP contribution in [-0.4, -0.2) is 52.9 Å². The van der Waals surface area contributed by atoms with E-state index in [9.17, 15) is 22.4 Å². The van der Waals surface area contributed by atoms with Gasteiger partial charge < -0.3 is 15.1 Å². The first-order valence-corrected chi connectivity index (χ1v) is 11.5.